The lowest BCUT2D eigenvalue weighted by molar-refractivity contribution is 0.588. The molecule has 0 unspecified atom stereocenters. The van der Waals surface area contributed by atoms with Gasteiger partial charge in [-0.15, -0.1) is 0 Å². The van der Waals surface area contributed by atoms with Gasteiger partial charge in [-0.05, 0) is 19.1 Å². The van der Waals surface area contributed by atoms with Gasteiger partial charge in [0.25, 0.3) is 0 Å². The molecule has 0 radical (unpaired) electrons. The molecule has 0 saturated carbocycles. The fraction of sp³-hybridized carbons (Fsp3) is 0.111. The zero-order valence-electron chi connectivity index (χ0n) is 14.3. The Morgan fingerprint density at radius 2 is 1.78 bits per heavy atom. The Labute approximate surface area is 152 Å². The number of hydrogen-bond acceptors (Lipinski definition) is 6. The smallest absolute Gasteiger partial charge is 0.184 e. The van der Waals surface area contributed by atoms with E-state index in [1.807, 2.05) is 0 Å². The van der Waals surface area contributed by atoms with Gasteiger partial charge < -0.3 is 11.5 Å². The molecule has 3 aromatic heterocycles. The zero-order chi connectivity index (χ0) is 19.1. The van der Waals surface area contributed by atoms with Crippen molar-refractivity contribution >= 4 is 22.7 Å². The van der Waals surface area contributed by atoms with E-state index >= 15 is 0 Å². The predicted octanol–water partition coefficient (Wildman–Crippen LogP) is 2.69. The SMILES string of the molecule is Cc1c(N)nc(-c2nn(Cc3ccccc3F)c3ncc(F)cc23)nc1N. The number of nitrogen functional groups attached to an aromatic ring is 2. The molecule has 136 valence electrons. The highest BCUT2D eigenvalue weighted by molar-refractivity contribution is 5.89. The van der Waals surface area contributed by atoms with E-state index in [0.717, 1.165) is 6.20 Å². The van der Waals surface area contributed by atoms with Gasteiger partial charge >= 0.3 is 0 Å². The Balaban J connectivity index is 1.92. The molecule has 0 saturated heterocycles. The van der Waals surface area contributed by atoms with Gasteiger partial charge in [-0.2, -0.15) is 5.10 Å². The molecule has 3 heterocycles. The fourth-order valence-electron chi connectivity index (χ4n) is 2.76. The van der Waals surface area contributed by atoms with Crippen molar-refractivity contribution in [2.75, 3.05) is 11.5 Å². The van der Waals surface area contributed by atoms with Crippen LogP contribution in [0.3, 0.4) is 0 Å². The van der Waals surface area contributed by atoms with Gasteiger partial charge in [0.2, 0.25) is 0 Å². The van der Waals surface area contributed by atoms with Crippen LogP contribution >= 0.6 is 0 Å². The Kier molecular flexibility index (Phi) is 3.91. The molecule has 0 atom stereocenters. The lowest BCUT2D eigenvalue weighted by Gasteiger charge is -2.05. The first-order chi connectivity index (χ1) is 12.9. The molecule has 0 aliphatic heterocycles. The van der Waals surface area contributed by atoms with E-state index in [0.29, 0.717) is 22.2 Å². The number of halogens is 2. The number of rotatable bonds is 3. The zero-order valence-corrected chi connectivity index (χ0v) is 14.3. The molecule has 4 rings (SSSR count). The number of nitrogens with two attached hydrogens (primary N) is 2. The van der Waals surface area contributed by atoms with Crippen molar-refractivity contribution in [3.63, 3.8) is 0 Å². The van der Waals surface area contributed by atoms with Crippen LogP contribution in [0.5, 0.6) is 0 Å². The largest absolute Gasteiger partial charge is 0.383 e. The van der Waals surface area contributed by atoms with Crippen LogP contribution in [0.15, 0.2) is 36.5 Å². The van der Waals surface area contributed by atoms with E-state index in [9.17, 15) is 8.78 Å². The standard InChI is InChI=1S/C18H15F2N7/c1-9-15(21)24-17(25-16(9)22)14-12-6-11(19)7-23-18(12)27(26-14)8-10-4-2-3-5-13(10)20/h2-7H,8H2,1H3,(H4,21,22,24,25). The van der Waals surface area contributed by atoms with Gasteiger partial charge in [-0.3, -0.25) is 0 Å². The Hall–Kier alpha value is -3.62. The monoisotopic (exact) mass is 367 g/mol. The Morgan fingerprint density at radius 1 is 1.07 bits per heavy atom. The van der Waals surface area contributed by atoms with Gasteiger partial charge in [0.05, 0.1) is 18.1 Å². The average molecular weight is 367 g/mol. The lowest BCUT2D eigenvalue weighted by Crippen LogP contribution is -2.06. The number of benzene rings is 1. The molecule has 0 spiro atoms. The number of fused-ring (bicyclic) bond motifs is 1. The van der Waals surface area contributed by atoms with Crippen molar-refractivity contribution in [1.82, 2.24) is 24.7 Å². The third-order valence-electron chi connectivity index (χ3n) is 4.26. The summed E-state index contributed by atoms with van der Waals surface area (Å²) in [5.74, 6) is -0.343. The molecule has 27 heavy (non-hydrogen) atoms. The maximum Gasteiger partial charge on any atom is 0.184 e. The maximum atomic E-state index is 14.0. The molecule has 9 heteroatoms. The number of hydrogen-bond donors (Lipinski definition) is 2. The number of anilines is 2. The minimum Gasteiger partial charge on any atom is -0.383 e. The highest BCUT2D eigenvalue weighted by atomic mass is 19.1. The van der Waals surface area contributed by atoms with Crippen LogP contribution < -0.4 is 11.5 Å². The van der Waals surface area contributed by atoms with Gasteiger partial charge in [0.15, 0.2) is 11.5 Å². The summed E-state index contributed by atoms with van der Waals surface area (Å²) in [5, 5.41) is 4.82. The molecule has 7 nitrogen and oxygen atoms in total. The van der Waals surface area contributed by atoms with Gasteiger partial charge in [-0.1, -0.05) is 18.2 Å². The first-order valence-electron chi connectivity index (χ1n) is 8.09. The van der Waals surface area contributed by atoms with Crippen LogP contribution in [0.2, 0.25) is 0 Å². The summed E-state index contributed by atoms with van der Waals surface area (Å²) in [7, 11) is 0. The summed E-state index contributed by atoms with van der Waals surface area (Å²) in [6, 6.07) is 7.61. The van der Waals surface area contributed by atoms with E-state index in [1.54, 1.807) is 25.1 Å². The van der Waals surface area contributed by atoms with Crippen LogP contribution in [0.4, 0.5) is 20.4 Å². The summed E-state index contributed by atoms with van der Waals surface area (Å²) >= 11 is 0. The highest BCUT2D eigenvalue weighted by Crippen LogP contribution is 2.28. The third-order valence-corrected chi connectivity index (χ3v) is 4.26. The summed E-state index contributed by atoms with van der Waals surface area (Å²) in [6.07, 6.45) is 1.07. The topological polar surface area (TPSA) is 109 Å². The molecule has 1 aromatic carbocycles. The molecule has 0 aliphatic rings. The maximum absolute atomic E-state index is 14.0. The first kappa shape index (κ1) is 16.8. The van der Waals surface area contributed by atoms with Crippen molar-refractivity contribution in [3.8, 4) is 11.5 Å². The van der Waals surface area contributed by atoms with Crippen molar-refractivity contribution in [3.05, 3.63) is 59.3 Å². The molecule has 4 aromatic rings. The number of pyridine rings is 1. The van der Waals surface area contributed by atoms with E-state index in [2.05, 4.69) is 20.1 Å². The molecule has 0 bridgehead atoms. The normalized spacial score (nSPS) is 11.2. The minimum absolute atomic E-state index is 0.110. The van der Waals surface area contributed by atoms with Crippen molar-refractivity contribution < 1.29 is 8.78 Å². The van der Waals surface area contributed by atoms with Gasteiger partial charge in [0, 0.05) is 11.1 Å². The Bertz CT molecular complexity index is 1150. The van der Waals surface area contributed by atoms with E-state index in [1.165, 1.54) is 16.8 Å². The van der Waals surface area contributed by atoms with Crippen molar-refractivity contribution in [1.29, 1.82) is 0 Å². The molecule has 0 fully saturated rings. The third kappa shape index (κ3) is 2.92. The van der Waals surface area contributed by atoms with E-state index in [-0.39, 0.29) is 35.5 Å². The van der Waals surface area contributed by atoms with Gasteiger partial charge in [0.1, 0.15) is 29.0 Å². The molecular formula is C18H15F2N7. The second-order valence-electron chi connectivity index (χ2n) is 6.07. The number of aromatic nitrogens is 5. The molecular weight excluding hydrogens is 352 g/mol. The molecule has 4 N–H and O–H groups in total. The lowest BCUT2D eigenvalue weighted by atomic mass is 10.2. The van der Waals surface area contributed by atoms with E-state index in [4.69, 9.17) is 11.5 Å². The fourth-order valence-corrected chi connectivity index (χ4v) is 2.76. The summed E-state index contributed by atoms with van der Waals surface area (Å²) < 4.78 is 29.3. The summed E-state index contributed by atoms with van der Waals surface area (Å²) in [5.41, 5.74) is 13.4. The van der Waals surface area contributed by atoms with Crippen LogP contribution in [0.1, 0.15) is 11.1 Å². The summed E-state index contributed by atoms with van der Waals surface area (Å²) in [4.78, 5) is 12.5. The van der Waals surface area contributed by atoms with Gasteiger partial charge in [-0.25, -0.2) is 28.4 Å². The predicted molar refractivity (Wildman–Crippen MR) is 97.6 cm³/mol. The van der Waals surface area contributed by atoms with Crippen LogP contribution in [0, 0.1) is 18.6 Å². The van der Waals surface area contributed by atoms with Crippen LogP contribution in [-0.2, 0) is 6.54 Å². The first-order valence-corrected chi connectivity index (χ1v) is 8.09. The van der Waals surface area contributed by atoms with E-state index < -0.39 is 5.82 Å². The average Bonchev–Trinajstić information content (AvgIpc) is 2.99. The van der Waals surface area contributed by atoms with Crippen molar-refractivity contribution in [2.24, 2.45) is 0 Å². The Morgan fingerprint density at radius 3 is 2.48 bits per heavy atom. The summed E-state index contributed by atoms with van der Waals surface area (Å²) in [6.45, 7) is 1.81. The highest BCUT2D eigenvalue weighted by Gasteiger charge is 2.19. The van der Waals surface area contributed by atoms with Crippen LogP contribution in [-0.4, -0.2) is 24.7 Å². The minimum atomic E-state index is -0.540. The molecule has 0 amide bonds. The molecule has 0 aliphatic carbocycles. The van der Waals surface area contributed by atoms with Crippen molar-refractivity contribution in [2.45, 2.75) is 13.5 Å². The quantitative estimate of drug-likeness (QED) is 0.576. The second kappa shape index (κ2) is 6.27. The van der Waals surface area contributed by atoms with Crippen LogP contribution in [0.25, 0.3) is 22.6 Å². The number of nitrogens with zero attached hydrogens (tertiary/aromatic N) is 5. The second-order valence-corrected chi connectivity index (χ2v) is 6.07.